The van der Waals surface area contributed by atoms with Crippen LogP contribution < -0.4 is 10.6 Å². The van der Waals surface area contributed by atoms with Crippen LogP contribution in [0.4, 0.5) is 5.69 Å². The van der Waals surface area contributed by atoms with Gasteiger partial charge in [-0.2, -0.15) is 0 Å². The largest absolute Gasteiger partial charge is 0.459 e. The van der Waals surface area contributed by atoms with Crippen LogP contribution in [0.3, 0.4) is 0 Å². The quantitative estimate of drug-likeness (QED) is 0.593. The van der Waals surface area contributed by atoms with Gasteiger partial charge in [0.05, 0.1) is 12.3 Å². The zero-order valence-corrected chi connectivity index (χ0v) is 18.5. The molecule has 1 aliphatic heterocycles. The number of hydrogen-bond acceptors (Lipinski definition) is 4. The number of furan rings is 1. The van der Waals surface area contributed by atoms with E-state index in [1.54, 1.807) is 29.2 Å². The molecule has 1 aromatic heterocycles. The molecular formula is C26H27N3O4. The van der Waals surface area contributed by atoms with Crippen molar-refractivity contribution in [2.45, 2.75) is 25.8 Å². The average molecular weight is 446 g/mol. The first-order valence-electron chi connectivity index (χ1n) is 11.1. The van der Waals surface area contributed by atoms with E-state index >= 15 is 0 Å². The van der Waals surface area contributed by atoms with Crippen molar-refractivity contribution in [3.05, 3.63) is 89.9 Å². The molecule has 4 rings (SSSR count). The molecule has 7 heteroatoms. The molecular weight excluding hydrogens is 418 g/mol. The van der Waals surface area contributed by atoms with Gasteiger partial charge in [-0.1, -0.05) is 30.3 Å². The number of carbonyl (C=O) groups is 3. The van der Waals surface area contributed by atoms with E-state index < -0.39 is 0 Å². The molecule has 1 saturated heterocycles. The Bertz CT molecular complexity index is 1100. The summed E-state index contributed by atoms with van der Waals surface area (Å²) in [5, 5.41) is 5.98. The molecule has 0 saturated carbocycles. The lowest BCUT2D eigenvalue weighted by Gasteiger charge is -2.31. The minimum absolute atomic E-state index is 0.0219. The third kappa shape index (κ3) is 5.49. The van der Waals surface area contributed by atoms with Gasteiger partial charge in [-0.25, -0.2) is 0 Å². The molecule has 0 radical (unpaired) electrons. The van der Waals surface area contributed by atoms with E-state index in [0.717, 1.165) is 5.56 Å². The summed E-state index contributed by atoms with van der Waals surface area (Å²) in [6, 6.07) is 19.6. The van der Waals surface area contributed by atoms with Crippen molar-refractivity contribution in [1.82, 2.24) is 10.2 Å². The topological polar surface area (TPSA) is 91.7 Å². The van der Waals surface area contributed by atoms with Crippen LogP contribution in [0.1, 0.15) is 52.3 Å². The van der Waals surface area contributed by atoms with Crippen LogP contribution in [0, 0.1) is 5.92 Å². The molecule has 7 nitrogen and oxygen atoms in total. The smallest absolute Gasteiger partial charge is 0.289 e. The predicted molar refractivity (Wildman–Crippen MR) is 125 cm³/mol. The van der Waals surface area contributed by atoms with Gasteiger partial charge in [-0.05, 0) is 61.7 Å². The number of piperidine rings is 1. The van der Waals surface area contributed by atoms with Gasteiger partial charge in [0.1, 0.15) is 0 Å². The lowest BCUT2D eigenvalue weighted by Crippen LogP contribution is -2.43. The van der Waals surface area contributed by atoms with E-state index in [1.807, 2.05) is 49.4 Å². The van der Waals surface area contributed by atoms with Crippen molar-refractivity contribution >= 4 is 23.4 Å². The summed E-state index contributed by atoms with van der Waals surface area (Å²) in [6.07, 6.45) is 2.70. The van der Waals surface area contributed by atoms with Crippen molar-refractivity contribution in [1.29, 1.82) is 0 Å². The zero-order valence-electron chi connectivity index (χ0n) is 18.5. The maximum absolute atomic E-state index is 12.8. The SMILES string of the molecule is CC(NC(=O)C1CCN(C(=O)c2ccco2)CC1)c1cccc(NC(=O)c2ccccc2)c1. The van der Waals surface area contributed by atoms with Crippen LogP contribution in [0.25, 0.3) is 0 Å². The average Bonchev–Trinajstić information content (AvgIpc) is 3.39. The van der Waals surface area contributed by atoms with Crippen LogP contribution in [0.2, 0.25) is 0 Å². The number of carbonyl (C=O) groups excluding carboxylic acids is 3. The molecule has 2 heterocycles. The first-order chi connectivity index (χ1) is 16.0. The fourth-order valence-corrected chi connectivity index (χ4v) is 3.99. The van der Waals surface area contributed by atoms with E-state index in [1.165, 1.54) is 6.26 Å². The van der Waals surface area contributed by atoms with Crippen LogP contribution in [0.15, 0.2) is 77.4 Å². The van der Waals surface area contributed by atoms with Gasteiger partial charge >= 0.3 is 0 Å². The number of likely N-dealkylation sites (tertiary alicyclic amines) is 1. The number of rotatable bonds is 6. The van der Waals surface area contributed by atoms with Crippen LogP contribution in [-0.4, -0.2) is 35.7 Å². The summed E-state index contributed by atoms with van der Waals surface area (Å²) in [6.45, 7) is 2.96. The first-order valence-corrected chi connectivity index (χ1v) is 11.1. The number of nitrogens with one attached hydrogen (secondary N) is 2. The van der Waals surface area contributed by atoms with Gasteiger partial charge in [0.25, 0.3) is 11.8 Å². The second-order valence-corrected chi connectivity index (χ2v) is 8.22. The number of anilines is 1. The van der Waals surface area contributed by atoms with E-state index in [4.69, 9.17) is 4.42 Å². The maximum atomic E-state index is 12.8. The normalized spacial score (nSPS) is 15.0. The van der Waals surface area contributed by atoms with Gasteiger partial charge in [0.2, 0.25) is 5.91 Å². The van der Waals surface area contributed by atoms with Gasteiger partial charge in [-0.3, -0.25) is 14.4 Å². The highest BCUT2D eigenvalue weighted by molar-refractivity contribution is 6.04. The number of amides is 3. The molecule has 2 aromatic carbocycles. The number of hydrogen-bond donors (Lipinski definition) is 2. The minimum atomic E-state index is -0.214. The summed E-state index contributed by atoms with van der Waals surface area (Å²) < 4.78 is 5.19. The van der Waals surface area contributed by atoms with E-state index in [0.29, 0.717) is 42.9 Å². The molecule has 0 aliphatic carbocycles. The first kappa shape index (κ1) is 22.3. The maximum Gasteiger partial charge on any atom is 0.289 e. The second kappa shape index (κ2) is 10.2. The number of nitrogens with zero attached hydrogens (tertiary/aromatic N) is 1. The Morgan fingerprint density at radius 3 is 2.42 bits per heavy atom. The molecule has 0 spiro atoms. The number of benzene rings is 2. The summed E-state index contributed by atoms with van der Waals surface area (Å²) in [5.74, 6) is -0.159. The fourth-order valence-electron chi connectivity index (χ4n) is 3.99. The molecule has 1 fully saturated rings. The Kier molecular flexibility index (Phi) is 6.88. The second-order valence-electron chi connectivity index (χ2n) is 8.22. The highest BCUT2D eigenvalue weighted by Crippen LogP contribution is 2.22. The minimum Gasteiger partial charge on any atom is -0.459 e. The summed E-state index contributed by atoms with van der Waals surface area (Å²) in [7, 11) is 0. The van der Waals surface area contributed by atoms with E-state index in [2.05, 4.69) is 10.6 Å². The zero-order chi connectivity index (χ0) is 23.2. The Morgan fingerprint density at radius 2 is 1.73 bits per heavy atom. The highest BCUT2D eigenvalue weighted by atomic mass is 16.3. The van der Waals surface area contributed by atoms with Crippen LogP contribution >= 0.6 is 0 Å². The third-order valence-electron chi connectivity index (χ3n) is 5.92. The highest BCUT2D eigenvalue weighted by Gasteiger charge is 2.29. The van der Waals surface area contributed by atoms with Crippen molar-refractivity contribution in [3.63, 3.8) is 0 Å². The summed E-state index contributed by atoms with van der Waals surface area (Å²) in [5.41, 5.74) is 2.16. The lowest BCUT2D eigenvalue weighted by atomic mass is 9.95. The van der Waals surface area contributed by atoms with Gasteiger partial charge in [0.15, 0.2) is 5.76 Å². The van der Waals surface area contributed by atoms with Crippen molar-refractivity contribution in [3.8, 4) is 0 Å². The van der Waals surface area contributed by atoms with Crippen molar-refractivity contribution in [2.24, 2.45) is 5.92 Å². The summed E-state index contributed by atoms with van der Waals surface area (Å²) >= 11 is 0. The van der Waals surface area contributed by atoms with Crippen molar-refractivity contribution in [2.75, 3.05) is 18.4 Å². The lowest BCUT2D eigenvalue weighted by molar-refractivity contribution is -0.127. The summed E-state index contributed by atoms with van der Waals surface area (Å²) in [4.78, 5) is 39.4. The Hall–Kier alpha value is -3.87. The predicted octanol–water partition coefficient (Wildman–Crippen LogP) is 4.26. The Morgan fingerprint density at radius 1 is 0.970 bits per heavy atom. The molecule has 3 amide bonds. The van der Waals surface area contributed by atoms with E-state index in [-0.39, 0.29) is 29.7 Å². The van der Waals surface area contributed by atoms with Crippen LogP contribution in [-0.2, 0) is 4.79 Å². The monoisotopic (exact) mass is 445 g/mol. The standard InChI is InChI=1S/C26H27N3O4/c1-18(21-9-5-10-22(17-21)28-25(31)19-7-3-2-4-8-19)27-24(30)20-12-14-29(15-13-20)26(32)23-11-6-16-33-23/h2-11,16-18,20H,12-15H2,1H3,(H,27,30)(H,28,31). The van der Waals surface area contributed by atoms with Crippen LogP contribution in [0.5, 0.6) is 0 Å². The molecule has 33 heavy (non-hydrogen) atoms. The van der Waals surface area contributed by atoms with E-state index in [9.17, 15) is 14.4 Å². The molecule has 3 aromatic rings. The molecule has 2 N–H and O–H groups in total. The molecule has 1 atom stereocenters. The Labute approximate surface area is 192 Å². The molecule has 1 aliphatic rings. The third-order valence-corrected chi connectivity index (χ3v) is 5.92. The Balaban J connectivity index is 1.30. The molecule has 1 unspecified atom stereocenters. The van der Waals surface area contributed by atoms with Gasteiger partial charge in [0, 0.05) is 30.3 Å². The van der Waals surface area contributed by atoms with Gasteiger partial charge < -0.3 is 20.0 Å². The van der Waals surface area contributed by atoms with Crippen molar-refractivity contribution < 1.29 is 18.8 Å². The molecule has 0 bridgehead atoms. The molecule has 170 valence electrons. The van der Waals surface area contributed by atoms with Gasteiger partial charge in [-0.15, -0.1) is 0 Å². The fraction of sp³-hybridized carbons (Fsp3) is 0.269.